The average molecular weight is 1140 g/mol. The third kappa shape index (κ3) is 7.94. The lowest BCUT2D eigenvalue weighted by Crippen LogP contribution is -2.21. The lowest BCUT2D eigenvalue weighted by molar-refractivity contribution is 0.767. The molecule has 0 aromatic heterocycles. The van der Waals surface area contributed by atoms with Crippen LogP contribution in [-0.2, 0) is 0 Å². The normalized spacial score (nSPS) is 14.6. The highest BCUT2D eigenvalue weighted by molar-refractivity contribution is 6.36. The maximum Gasteiger partial charge on any atom is 0.0211 e. The summed E-state index contributed by atoms with van der Waals surface area (Å²) in [4.78, 5) is 0. The van der Waals surface area contributed by atoms with Crippen LogP contribution >= 0.6 is 0 Å². The van der Waals surface area contributed by atoms with Gasteiger partial charge < -0.3 is 0 Å². The zero-order valence-corrected chi connectivity index (χ0v) is 49.5. The summed E-state index contributed by atoms with van der Waals surface area (Å²) in [6.45, 7) is 0. The molecule has 0 heteroatoms. The Hall–Kier alpha value is -11.4. The standard InChI is InChI=1S/C90H58/c1-9-29-57(30-10-1)77-79(59-33-13-3-14-34-59)83(63-41-21-7-22-42-63)89-75-55-53-69(71-47-27-49-73(85(71)75)87(89)81(77)61-37-17-5-18-38-61)67-51-52-68(66-46-26-25-45-65(66)67)70-54-56-76-86-72(70)48-28-50-74(86)88-82(62-39-19-6-20-40-62)78(58-31-11-2-12-32-58)80(60-35-15-4-16-36-60)84(90(76)88)64-43-23-8-24-44-64/h1-56,77,79H. The second-order valence-corrected chi connectivity index (χ2v) is 24.3. The first-order chi connectivity index (χ1) is 44.8. The van der Waals surface area contributed by atoms with E-state index >= 15 is 0 Å². The molecule has 15 aromatic rings. The lowest BCUT2D eigenvalue weighted by Gasteiger charge is -2.39. The van der Waals surface area contributed by atoms with E-state index in [1.807, 2.05) is 0 Å². The quantitative estimate of drug-likeness (QED) is 0.128. The lowest BCUT2D eigenvalue weighted by atomic mass is 9.63. The van der Waals surface area contributed by atoms with Crippen LogP contribution in [0.2, 0.25) is 0 Å². The molecular weight excluding hydrogens is 1080 g/mol. The van der Waals surface area contributed by atoms with Gasteiger partial charge in [0.1, 0.15) is 0 Å². The minimum atomic E-state index is 0.0286. The maximum absolute atomic E-state index is 2.46. The molecule has 0 heterocycles. The van der Waals surface area contributed by atoms with E-state index in [1.165, 1.54) is 177 Å². The molecule has 2 atom stereocenters. The molecular formula is C90H58. The summed E-state index contributed by atoms with van der Waals surface area (Å²) in [7, 11) is 0. The smallest absolute Gasteiger partial charge is 0.0211 e. The highest BCUT2D eigenvalue weighted by atomic mass is 14.5. The van der Waals surface area contributed by atoms with Gasteiger partial charge in [0.2, 0.25) is 0 Å². The molecule has 0 aliphatic heterocycles. The van der Waals surface area contributed by atoms with Gasteiger partial charge in [-0.3, -0.25) is 0 Å². The van der Waals surface area contributed by atoms with Crippen molar-refractivity contribution in [2.45, 2.75) is 11.8 Å². The van der Waals surface area contributed by atoms with Gasteiger partial charge in [-0.25, -0.2) is 0 Å². The molecule has 0 nitrogen and oxygen atoms in total. The van der Waals surface area contributed by atoms with Crippen LogP contribution in [0, 0.1) is 0 Å². The van der Waals surface area contributed by atoms with Gasteiger partial charge >= 0.3 is 0 Å². The van der Waals surface area contributed by atoms with Gasteiger partial charge in [-0.15, -0.1) is 0 Å². The van der Waals surface area contributed by atoms with Gasteiger partial charge in [-0.05, 0) is 177 Å². The summed E-state index contributed by atoms with van der Waals surface area (Å²) in [5, 5.41) is 7.59. The van der Waals surface area contributed by atoms with Crippen LogP contribution in [0.4, 0.5) is 0 Å². The van der Waals surface area contributed by atoms with E-state index in [9.17, 15) is 0 Å². The molecule has 0 spiro atoms. The second kappa shape index (κ2) is 21.2. The van der Waals surface area contributed by atoms with E-state index < -0.39 is 0 Å². The fourth-order valence-electron chi connectivity index (χ4n) is 16.1. The molecule has 2 unspecified atom stereocenters. The van der Waals surface area contributed by atoms with Crippen molar-refractivity contribution < 1.29 is 0 Å². The topological polar surface area (TPSA) is 0 Å². The molecule has 3 aliphatic rings. The van der Waals surface area contributed by atoms with Crippen LogP contribution in [0.15, 0.2) is 340 Å². The number of hydrogen-bond donors (Lipinski definition) is 0. The number of fused-ring (bicyclic) bond motifs is 7. The Kier molecular flexibility index (Phi) is 12.2. The van der Waals surface area contributed by atoms with Crippen molar-refractivity contribution >= 4 is 54.6 Å². The van der Waals surface area contributed by atoms with Gasteiger partial charge in [0.15, 0.2) is 0 Å². The van der Waals surface area contributed by atoms with Crippen molar-refractivity contribution in [3.63, 3.8) is 0 Å². The molecule has 18 rings (SSSR count). The first-order valence-corrected chi connectivity index (χ1v) is 31.6. The Labute approximate surface area is 525 Å². The minimum absolute atomic E-state index is 0.0286. The molecule has 0 amide bonds. The monoisotopic (exact) mass is 1140 g/mol. The minimum Gasteiger partial charge on any atom is -0.0622 e. The zero-order chi connectivity index (χ0) is 59.2. The summed E-state index contributed by atoms with van der Waals surface area (Å²) in [5.41, 5.74) is 33.0. The highest BCUT2D eigenvalue weighted by Gasteiger charge is 2.44. The molecule has 0 saturated heterocycles. The summed E-state index contributed by atoms with van der Waals surface area (Å²) >= 11 is 0. The van der Waals surface area contributed by atoms with Crippen molar-refractivity contribution in [2.24, 2.45) is 0 Å². The van der Waals surface area contributed by atoms with Crippen molar-refractivity contribution in [2.75, 3.05) is 0 Å². The molecule has 0 radical (unpaired) electrons. The zero-order valence-electron chi connectivity index (χ0n) is 49.5. The molecule has 0 bridgehead atoms. The molecule has 418 valence electrons. The van der Waals surface area contributed by atoms with Gasteiger partial charge in [-0.2, -0.15) is 0 Å². The SMILES string of the molecule is c1ccc(C2=C3C(=C(c4ccccc4)C(c4ccccc4)C2c2ccccc2)c2ccc(-c4ccc(-c5ccc6c7c(cccc57)-c5c(-c7ccccc7)c(-c7ccccc7)c(-c7ccccc7)c(-c7ccccc7)c5-6)c5ccccc45)c4cccc3c24)cc1. The van der Waals surface area contributed by atoms with E-state index in [1.54, 1.807) is 0 Å². The highest BCUT2D eigenvalue weighted by Crippen LogP contribution is 2.66. The van der Waals surface area contributed by atoms with Gasteiger partial charge in [0, 0.05) is 11.8 Å². The van der Waals surface area contributed by atoms with Crippen LogP contribution in [0.1, 0.15) is 45.2 Å². The largest absolute Gasteiger partial charge is 0.0622 e. The average Bonchev–Trinajstić information content (AvgIpc) is 1.53. The molecule has 0 saturated carbocycles. The molecule has 3 aliphatic carbocycles. The van der Waals surface area contributed by atoms with Crippen molar-refractivity contribution in [1.82, 2.24) is 0 Å². The van der Waals surface area contributed by atoms with Crippen LogP contribution < -0.4 is 0 Å². The molecule has 15 aromatic carbocycles. The van der Waals surface area contributed by atoms with E-state index in [0.717, 1.165) is 0 Å². The molecule has 0 fully saturated rings. The maximum atomic E-state index is 2.46. The Bertz CT molecular complexity index is 5170. The van der Waals surface area contributed by atoms with Crippen LogP contribution in [0.5, 0.6) is 0 Å². The Morgan fingerprint density at radius 2 is 0.400 bits per heavy atom. The number of benzene rings is 15. The summed E-state index contributed by atoms with van der Waals surface area (Å²) < 4.78 is 0. The summed E-state index contributed by atoms with van der Waals surface area (Å²) in [6.07, 6.45) is 0. The third-order valence-electron chi connectivity index (χ3n) is 19.6. The van der Waals surface area contributed by atoms with Crippen LogP contribution in [-0.4, -0.2) is 0 Å². The van der Waals surface area contributed by atoms with Crippen LogP contribution in [0.3, 0.4) is 0 Å². The Balaban J connectivity index is 0.870. The number of hydrogen-bond acceptors (Lipinski definition) is 0. The van der Waals surface area contributed by atoms with E-state index in [-0.39, 0.29) is 11.8 Å². The predicted molar refractivity (Wildman–Crippen MR) is 381 cm³/mol. The summed E-state index contributed by atoms with van der Waals surface area (Å²) in [5.74, 6) is 0.0571. The van der Waals surface area contributed by atoms with Crippen LogP contribution in [0.25, 0.3) is 144 Å². The van der Waals surface area contributed by atoms with Gasteiger partial charge in [-0.1, -0.05) is 340 Å². The van der Waals surface area contributed by atoms with Gasteiger partial charge in [0.05, 0.1) is 0 Å². The van der Waals surface area contributed by atoms with E-state index in [2.05, 4.69) is 340 Å². The number of rotatable bonds is 10. The van der Waals surface area contributed by atoms with Crippen molar-refractivity contribution in [1.29, 1.82) is 0 Å². The number of allylic oxidation sites excluding steroid dienone is 4. The second-order valence-electron chi connectivity index (χ2n) is 24.3. The molecule has 0 N–H and O–H groups in total. The van der Waals surface area contributed by atoms with E-state index in [0.29, 0.717) is 0 Å². The third-order valence-corrected chi connectivity index (χ3v) is 19.6. The van der Waals surface area contributed by atoms with E-state index in [4.69, 9.17) is 0 Å². The summed E-state index contributed by atoms with van der Waals surface area (Å²) in [6, 6.07) is 127. The first kappa shape index (κ1) is 51.8. The fraction of sp³-hybridized carbons (Fsp3) is 0.0222. The molecule has 90 heavy (non-hydrogen) atoms. The van der Waals surface area contributed by atoms with Crippen molar-refractivity contribution in [3.05, 3.63) is 373 Å². The Morgan fingerprint density at radius 3 is 0.778 bits per heavy atom. The first-order valence-electron chi connectivity index (χ1n) is 31.6. The fourth-order valence-corrected chi connectivity index (χ4v) is 16.1. The van der Waals surface area contributed by atoms with Gasteiger partial charge in [0.25, 0.3) is 0 Å². The van der Waals surface area contributed by atoms with Crippen molar-refractivity contribution in [3.8, 4) is 89.0 Å². The Morgan fingerprint density at radius 1 is 0.156 bits per heavy atom. The predicted octanol–water partition coefficient (Wildman–Crippen LogP) is 24.2.